The third-order valence-electron chi connectivity index (χ3n) is 6.03. The van der Waals surface area contributed by atoms with Crippen molar-refractivity contribution in [1.82, 2.24) is 10.2 Å². The molecule has 1 N–H and O–H groups in total. The maximum absolute atomic E-state index is 13.9. The Hall–Kier alpha value is -3.65. The normalized spacial score (nSPS) is 12.2. The lowest BCUT2D eigenvalue weighted by molar-refractivity contribution is -0.139. The summed E-state index contributed by atoms with van der Waals surface area (Å²) in [6.45, 7) is 8.82. The summed E-state index contributed by atoms with van der Waals surface area (Å²) in [5.41, 5.74) is 2.97. The maximum Gasteiger partial charge on any atom is 0.264 e. The zero-order chi connectivity index (χ0) is 27.2. The van der Waals surface area contributed by atoms with E-state index in [0.717, 1.165) is 21.0 Å². The maximum atomic E-state index is 13.9. The summed E-state index contributed by atoms with van der Waals surface area (Å²) >= 11 is 0. The molecule has 0 unspecified atom stereocenters. The molecule has 0 bridgehead atoms. The standard InChI is InChI=1S/C29H35N3O4S/c1-21(2)30-29(34)24(5)31(19-25-12-8-6-9-13-25)28(33)20-32(27-17-16-22(3)18-23(27)4)37(35,36)26-14-10-7-11-15-26/h6-18,21,24H,19-20H2,1-5H3,(H,30,34)/t24-/m0/s1. The van der Waals surface area contributed by atoms with Crippen LogP contribution < -0.4 is 9.62 Å². The highest BCUT2D eigenvalue weighted by molar-refractivity contribution is 7.92. The Labute approximate surface area is 220 Å². The number of hydrogen-bond acceptors (Lipinski definition) is 4. The minimum absolute atomic E-state index is 0.0861. The molecule has 3 aromatic rings. The number of nitrogens with zero attached hydrogens (tertiary/aromatic N) is 2. The van der Waals surface area contributed by atoms with Crippen molar-refractivity contribution in [1.29, 1.82) is 0 Å². The van der Waals surface area contributed by atoms with Crippen molar-refractivity contribution in [3.05, 3.63) is 95.6 Å². The van der Waals surface area contributed by atoms with Crippen molar-refractivity contribution in [3.63, 3.8) is 0 Å². The molecule has 0 aliphatic carbocycles. The summed E-state index contributed by atoms with van der Waals surface area (Å²) in [7, 11) is -4.07. The van der Waals surface area contributed by atoms with Crippen LogP contribution in [0.25, 0.3) is 0 Å². The van der Waals surface area contributed by atoms with Gasteiger partial charge in [-0.15, -0.1) is 0 Å². The molecule has 0 saturated carbocycles. The van der Waals surface area contributed by atoms with Gasteiger partial charge >= 0.3 is 0 Å². The van der Waals surface area contributed by atoms with Gasteiger partial charge in [0.25, 0.3) is 10.0 Å². The first-order valence-electron chi connectivity index (χ1n) is 12.3. The number of benzene rings is 3. The fourth-order valence-electron chi connectivity index (χ4n) is 4.09. The largest absolute Gasteiger partial charge is 0.352 e. The van der Waals surface area contributed by atoms with Gasteiger partial charge in [0.15, 0.2) is 0 Å². The predicted molar refractivity (Wildman–Crippen MR) is 147 cm³/mol. The van der Waals surface area contributed by atoms with Crippen LogP contribution in [0.15, 0.2) is 83.8 Å². The number of nitrogens with one attached hydrogen (secondary N) is 1. The highest BCUT2D eigenvalue weighted by Gasteiger charge is 2.33. The van der Waals surface area contributed by atoms with Gasteiger partial charge in [-0.25, -0.2) is 8.42 Å². The van der Waals surface area contributed by atoms with Crippen molar-refractivity contribution >= 4 is 27.5 Å². The minimum Gasteiger partial charge on any atom is -0.352 e. The van der Waals surface area contributed by atoms with Crippen LogP contribution in [0.2, 0.25) is 0 Å². The molecule has 0 heterocycles. The third kappa shape index (κ3) is 6.98. The second-order valence-corrected chi connectivity index (χ2v) is 11.3. The third-order valence-corrected chi connectivity index (χ3v) is 7.80. The SMILES string of the molecule is Cc1ccc(N(CC(=O)N(Cc2ccccc2)[C@@H](C)C(=O)NC(C)C)S(=O)(=O)c2ccccc2)c(C)c1. The van der Waals surface area contributed by atoms with Crippen molar-refractivity contribution in [2.24, 2.45) is 0 Å². The van der Waals surface area contributed by atoms with Crippen LogP contribution >= 0.6 is 0 Å². The van der Waals surface area contributed by atoms with Crippen molar-refractivity contribution in [2.75, 3.05) is 10.8 Å². The summed E-state index contributed by atoms with van der Waals surface area (Å²) in [4.78, 5) is 28.3. The number of amides is 2. The summed E-state index contributed by atoms with van der Waals surface area (Å²) in [6.07, 6.45) is 0. The van der Waals surface area contributed by atoms with Crippen molar-refractivity contribution < 1.29 is 18.0 Å². The van der Waals surface area contributed by atoms with Crippen LogP contribution in [0.3, 0.4) is 0 Å². The number of carbonyl (C=O) groups is 2. The van der Waals surface area contributed by atoms with Gasteiger partial charge in [0.2, 0.25) is 11.8 Å². The average molecular weight is 522 g/mol. The van der Waals surface area contributed by atoms with Gasteiger partial charge in [0.05, 0.1) is 10.6 Å². The Kier molecular flexibility index (Phi) is 9.10. The molecule has 8 heteroatoms. The number of carbonyl (C=O) groups excluding carboxylic acids is 2. The molecule has 2 amide bonds. The number of aryl methyl sites for hydroxylation is 2. The first-order chi connectivity index (χ1) is 17.5. The molecule has 37 heavy (non-hydrogen) atoms. The van der Waals surface area contributed by atoms with E-state index in [1.807, 2.05) is 70.2 Å². The Morgan fingerprint density at radius 3 is 2.03 bits per heavy atom. The first-order valence-corrected chi connectivity index (χ1v) is 13.7. The molecule has 0 aliphatic heterocycles. The predicted octanol–water partition coefficient (Wildman–Crippen LogP) is 4.44. The van der Waals surface area contributed by atoms with Crippen LogP contribution in [0.4, 0.5) is 5.69 Å². The molecule has 0 aliphatic rings. The second kappa shape index (κ2) is 12.1. The van der Waals surface area contributed by atoms with E-state index in [-0.39, 0.29) is 23.4 Å². The molecular formula is C29H35N3O4S. The number of anilines is 1. The van der Waals surface area contributed by atoms with Crippen molar-refractivity contribution in [2.45, 2.75) is 58.1 Å². The fraction of sp³-hybridized carbons (Fsp3) is 0.310. The molecule has 0 aromatic heterocycles. The Bertz CT molecular complexity index is 1330. The summed E-state index contributed by atoms with van der Waals surface area (Å²) < 4.78 is 28.8. The molecule has 0 saturated heterocycles. The van der Waals surface area contributed by atoms with Crippen LogP contribution in [0.5, 0.6) is 0 Å². The van der Waals surface area contributed by atoms with Crippen molar-refractivity contribution in [3.8, 4) is 0 Å². The van der Waals surface area contributed by atoms with Crippen LogP contribution in [0, 0.1) is 13.8 Å². The van der Waals surface area contributed by atoms with E-state index in [4.69, 9.17) is 0 Å². The molecule has 0 radical (unpaired) electrons. The van der Waals surface area contributed by atoms with E-state index < -0.39 is 28.5 Å². The lowest BCUT2D eigenvalue weighted by atomic mass is 10.1. The van der Waals surface area contributed by atoms with E-state index in [2.05, 4.69) is 5.32 Å². The molecular weight excluding hydrogens is 486 g/mol. The molecule has 3 rings (SSSR count). The van der Waals surface area contributed by atoms with Gasteiger partial charge in [0, 0.05) is 12.6 Å². The van der Waals surface area contributed by atoms with Gasteiger partial charge in [-0.2, -0.15) is 0 Å². The van der Waals surface area contributed by atoms with Gasteiger partial charge in [-0.05, 0) is 63.9 Å². The van der Waals surface area contributed by atoms with Gasteiger partial charge < -0.3 is 10.2 Å². The molecule has 196 valence electrons. The Balaban J connectivity index is 2.04. The minimum atomic E-state index is -4.07. The van der Waals surface area contributed by atoms with Gasteiger partial charge in [-0.1, -0.05) is 66.2 Å². The lowest BCUT2D eigenvalue weighted by Crippen LogP contribution is -2.52. The quantitative estimate of drug-likeness (QED) is 0.427. The zero-order valence-corrected chi connectivity index (χ0v) is 22.8. The molecule has 1 atom stereocenters. The smallest absolute Gasteiger partial charge is 0.264 e. The lowest BCUT2D eigenvalue weighted by Gasteiger charge is -2.32. The Morgan fingerprint density at radius 2 is 1.46 bits per heavy atom. The van der Waals surface area contributed by atoms with Gasteiger partial charge in [-0.3, -0.25) is 13.9 Å². The highest BCUT2D eigenvalue weighted by Crippen LogP contribution is 2.28. The first kappa shape index (κ1) is 27.9. The van der Waals surface area contributed by atoms with Gasteiger partial charge in [0.1, 0.15) is 12.6 Å². The Morgan fingerprint density at radius 1 is 0.865 bits per heavy atom. The molecule has 7 nitrogen and oxygen atoms in total. The van der Waals surface area contributed by atoms with E-state index in [1.54, 1.807) is 31.2 Å². The fourth-order valence-corrected chi connectivity index (χ4v) is 5.59. The van der Waals surface area contributed by atoms with Crippen LogP contribution in [0.1, 0.15) is 37.5 Å². The van der Waals surface area contributed by atoms with E-state index >= 15 is 0 Å². The van der Waals surface area contributed by atoms with E-state index in [0.29, 0.717) is 5.69 Å². The van der Waals surface area contributed by atoms with E-state index in [9.17, 15) is 18.0 Å². The van der Waals surface area contributed by atoms with Crippen LogP contribution in [-0.4, -0.2) is 43.8 Å². The van der Waals surface area contributed by atoms with Crippen LogP contribution in [-0.2, 0) is 26.2 Å². The summed E-state index contributed by atoms with van der Waals surface area (Å²) in [5, 5.41) is 2.86. The molecule has 3 aromatic carbocycles. The number of rotatable bonds is 10. The summed E-state index contributed by atoms with van der Waals surface area (Å²) in [5.74, 6) is -0.780. The second-order valence-electron chi connectivity index (χ2n) is 9.46. The monoisotopic (exact) mass is 521 g/mol. The average Bonchev–Trinajstić information content (AvgIpc) is 2.86. The topological polar surface area (TPSA) is 86.8 Å². The molecule has 0 fully saturated rings. The summed E-state index contributed by atoms with van der Waals surface area (Å²) in [6, 6.07) is 21.9. The number of sulfonamides is 1. The van der Waals surface area contributed by atoms with E-state index in [1.165, 1.54) is 17.0 Å². The molecule has 0 spiro atoms. The number of hydrogen-bond donors (Lipinski definition) is 1. The zero-order valence-electron chi connectivity index (χ0n) is 22.0. The highest BCUT2D eigenvalue weighted by atomic mass is 32.2.